The smallest absolute Gasteiger partial charge is 0.303 e. The Labute approximate surface area is 126 Å². The predicted octanol–water partition coefficient (Wildman–Crippen LogP) is 4.16. The van der Waals surface area contributed by atoms with E-state index < -0.39 is 5.97 Å². The zero-order valence-corrected chi connectivity index (χ0v) is 12.9. The van der Waals surface area contributed by atoms with Crippen molar-refractivity contribution >= 4 is 12.4 Å². The standard InChI is InChI=1S/C14H18O2.C2H6.CH2O2/c15-14(16)10-13(12-8-4-5-9-12)11-6-2-1-3-7-11;1-2;2-1-3/h1-3,6-7,12-13H,4-5,8-10H2,(H,15,16);1-2H3;1H,(H,2,3). The molecule has 4 heteroatoms. The number of carboxylic acid groups (broad SMARTS) is 2. The Bertz CT molecular complexity index is 383. The van der Waals surface area contributed by atoms with Crippen LogP contribution in [0.4, 0.5) is 0 Å². The molecule has 0 aliphatic heterocycles. The molecule has 1 aliphatic rings. The van der Waals surface area contributed by atoms with Crippen LogP contribution >= 0.6 is 0 Å². The molecule has 0 spiro atoms. The van der Waals surface area contributed by atoms with Crippen LogP contribution in [0.3, 0.4) is 0 Å². The van der Waals surface area contributed by atoms with Crippen LogP contribution in [-0.2, 0) is 9.59 Å². The third-order valence-electron chi connectivity index (χ3n) is 3.59. The first-order valence-electron chi connectivity index (χ1n) is 7.53. The Morgan fingerprint density at radius 3 is 2.14 bits per heavy atom. The molecule has 0 bridgehead atoms. The number of aliphatic carboxylic acids is 1. The van der Waals surface area contributed by atoms with Crippen LogP contribution in [-0.4, -0.2) is 22.7 Å². The summed E-state index contributed by atoms with van der Waals surface area (Å²) in [5.41, 5.74) is 1.19. The van der Waals surface area contributed by atoms with Gasteiger partial charge >= 0.3 is 5.97 Å². The fraction of sp³-hybridized carbons (Fsp3) is 0.529. The molecule has 21 heavy (non-hydrogen) atoms. The van der Waals surface area contributed by atoms with E-state index >= 15 is 0 Å². The predicted molar refractivity (Wildman–Crippen MR) is 83.4 cm³/mol. The summed E-state index contributed by atoms with van der Waals surface area (Å²) in [6.45, 7) is 3.75. The summed E-state index contributed by atoms with van der Waals surface area (Å²) in [5, 5.41) is 15.9. The van der Waals surface area contributed by atoms with E-state index in [2.05, 4.69) is 12.1 Å². The molecule has 4 nitrogen and oxygen atoms in total. The summed E-state index contributed by atoms with van der Waals surface area (Å²) in [6.07, 6.45) is 5.16. The lowest BCUT2D eigenvalue weighted by atomic mass is 9.82. The van der Waals surface area contributed by atoms with Crippen molar-refractivity contribution in [2.75, 3.05) is 0 Å². The average Bonchev–Trinajstić information content (AvgIpc) is 3.02. The van der Waals surface area contributed by atoms with Crippen molar-refractivity contribution in [3.8, 4) is 0 Å². The van der Waals surface area contributed by atoms with E-state index in [1.165, 1.54) is 31.2 Å². The molecule has 1 aliphatic carbocycles. The molecule has 0 amide bonds. The van der Waals surface area contributed by atoms with Crippen molar-refractivity contribution < 1.29 is 19.8 Å². The van der Waals surface area contributed by atoms with Crippen molar-refractivity contribution in [3.63, 3.8) is 0 Å². The van der Waals surface area contributed by atoms with E-state index in [1.807, 2.05) is 32.0 Å². The van der Waals surface area contributed by atoms with Crippen LogP contribution in [0.25, 0.3) is 0 Å². The molecule has 2 N–H and O–H groups in total. The SMILES string of the molecule is CC.O=C(O)CC(c1ccccc1)C1CCCC1.O=CO. The molecular formula is C17H26O4. The molecule has 1 atom stereocenters. The molecule has 1 fully saturated rings. The fourth-order valence-corrected chi connectivity index (χ4v) is 2.80. The molecule has 1 unspecified atom stereocenters. The first-order chi connectivity index (χ1) is 10.2. The van der Waals surface area contributed by atoms with Gasteiger partial charge in [-0.15, -0.1) is 0 Å². The van der Waals surface area contributed by atoms with Gasteiger partial charge in [-0.3, -0.25) is 9.59 Å². The first kappa shape index (κ1) is 19.2. The summed E-state index contributed by atoms with van der Waals surface area (Å²) in [4.78, 5) is 19.3. The van der Waals surface area contributed by atoms with Gasteiger partial charge in [0.2, 0.25) is 0 Å². The Hall–Kier alpha value is -1.84. The zero-order valence-electron chi connectivity index (χ0n) is 12.9. The topological polar surface area (TPSA) is 74.6 Å². The average molecular weight is 294 g/mol. The van der Waals surface area contributed by atoms with Crippen LogP contribution < -0.4 is 0 Å². The van der Waals surface area contributed by atoms with Crippen LogP contribution in [0.1, 0.15) is 57.4 Å². The minimum atomic E-state index is -0.680. The molecule has 2 rings (SSSR count). The Kier molecular flexibility index (Phi) is 10.9. The monoisotopic (exact) mass is 294 g/mol. The third-order valence-corrected chi connectivity index (χ3v) is 3.59. The van der Waals surface area contributed by atoms with E-state index in [4.69, 9.17) is 15.0 Å². The van der Waals surface area contributed by atoms with Gasteiger partial charge in [-0.25, -0.2) is 0 Å². The van der Waals surface area contributed by atoms with E-state index in [9.17, 15) is 4.79 Å². The van der Waals surface area contributed by atoms with Crippen LogP contribution in [0.15, 0.2) is 30.3 Å². The van der Waals surface area contributed by atoms with Crippen molar-refractivity contribution in [3.05, 3.63) is 35.9 Å². The van der Waals surface area contributed by atoms with Gasteiger partial charge in [0.25, 0.3) is 6.47 Å². The molecule has 0 saturated heterocycles. The van der Waals surface area contributed by atoms with E-state index in [-0.39, 0.29) is 18.8 Å². The Morgan fingerprint density at radius 2 is 1.71 bits per heavy atom. The van der Waals surface area contributed by atoms with Gasteiger partial charge < -0.3 is 10.2 Å². The highest BCUT2D eigenvalue weighted by atomic mass is 16.4. The number of benzene rings is 1. The van der Waals surface area contributed by atoms with Crippen molar-refractivity contribution in [2.45, 2.75) is 51.9 Å². The van der Waals surface area contributed by atoms with E-state index in [1.54, 1.807) is 0 Å². The Balaban J connectivity index is 0.000000713. The van der Waals surface area contributed by atoms with Crippen LogP contribution in [0.5, 0.6) is 0 Å². The number of hydrogen-bond acceptors (Lipinski definition) is 2. The lowest BCUT2D eigenvalue weighted by Gasteiger charge is -2.22. The summed E-state index contributed by atoms with van der Waals surface area (Å²) in [7, 11) is 0. The van der Waals surface area contributed by atoms with Gasteiger partial charge in [-0.1, -0.05) is 57.0 Å². The van der Waals surface area contributed by atoms with Gasteiger partial charge in [0.15, 0.2) is 0 Å². The second-order valence-electron chi connectivity index (χ2n) is 4.76. The first-order valence-corrected chi connectivity index (χ1v) is 7.53. The largest absolute Gasteiger partial charge is 0.483 e. The molecule has 0 radical (unpaired) electrons. The maximum absolute atomic E-state index is 10.9. The minimum Gasteiger partial charge on any atom is -0.483 e. The van der Waals surface area contributed by atoms with Crippen LogP contribution in [0, 0.1) is 5.92 Å². The van der Waals surface area contributed by atoms with E-state index in [0.29, 0.717) is 5.92 Å². The van der Waals surface area contributed by atoms with Crippen LogP contribution in [0.2, 0.25) is 0 Å². The van der Waals surface area contributed by atoms with Crippen molar-refractivity contribution in [1.29, 1.82) is 0 Å². The summed E-state index contributed by atoms with van der Waals surface area (Å²) < 4.78 is 0. The van der Waals surface area contributed by atoms with Gasteiger partial charge in [-0.05, 0) is 30.2 Å². The molecule has 0 aromatic heterocycles. The quantitative estimate of drug-likeness (QED) is 0.818. The lowest BCUT2D eigenvalue weighted by Crippen LogP contribution is -2.14. The van der Waals surface area contributed by atoms with Gasteiger partial charge in [-0.2, -0.15) is 0 Å². The second kappa shape index (κ2) is 11.9. The van der Waals surface area contributed by atoms with Crippen molar-refractivity contribution in [1.82, 2.24) is 0 Å². The van der Waals surface area contributed by atoms with Gasteiger partial charge in [0.05, 0.1) is 6.42 Å². The molecule has 1 aromatic carbocycles. The summed E-state index contributed by atoms with van der Waals surface area (Å²) in [5.74, 6) is 0.0976. The Morgan fingerprint density at radius 1 is 1.24 bits per heavy atom. The van der Waals surface area contributed by atoms with E-state index in [0.717, 1.165) is 0 Å². The highest BCUT2D eigenvalue weighted by Gasteiger charge is 2.27. The zero-order chi connectivity index (χ0) is 16.1. The van der Waals surface area contributed by atoms with Gasteiger partial charge in [0, 0.05) is 0 Å². The normalized spacial score (nSPS) is 15.0. The molecule has 1 saturated carbocycles. The van der Waals surface area contributed by atoms with Gasteiger partial charge in [0.1, 0.15) is 0 Å². The van der Waals surface area contributed by atoms with Crippen molar-refractivity contribution in [2.24, 2.45) is 5.92 Å². The minimum absolute atomic E-state index is 0.209. The molecule has 1 aromatic rings. The lowest BCUT2D eigenvalue weighted by molar-refractivity contribution is -0.137. The highest BCUT2D eigenvalue weighted by molar-refractivity contribution is 5.68. The number of carboxylic acids is 1. The molecule has 0 heterocycles. The molecular weight excluding hydrogens is 268 g/mol. The second-order valence-corrected chi connectivity index (χ2v) is 4.76. The summed E-state index contributed by atoms with van der Waals surface area (Å²) in [6, 6.07) is 10.1. The summed E-state index contributed by atoms with van der Waals surface area (Å²) >= 11 is 0. The number of rotatable bonds is 4. The fourth-order valence-electron chi connectivity index (χ4n) is 2.80. The third kappa shape index (κ3) is 7.49. The highest BCUT2D eigenvalue weighted by Crippen LogP contribution is 2.39. The number of hydrogen-bond donors (Lipinski definition) is 2. The maximum atomic E-state index is 10.9. The number of carbonyl (C=O) groups is 2. The maximum Gasteiger partial charge on any atom is 0.303 e. The molecule has 118 valence electrons.